The molecule has 5 amide bonds. The third-order valence-electron chi connectivity index (χ3n) is 21.8. The van der Waals surface area contributed by atoms with Crippen molar-refractivity contribution >= 4 is 160 Å². The van der Waals surface area contributed by atoms with Gasteiger partial charge in [0, 0.05) is 125 Å². The summed E-state index contributed by atoms with van der Waals surface area (Å²) in [5.74, 6) is -7.89. The molecule has 126 heavy (non-hydrogen) atoms. The number of carbonyl (C=O) groups is 9. The van der Waals surface area contributed by atoms with Gasteiger partial charge in [0.25, 0.3) is 29.5 Å². The molecule has 0 saturated carbocycles. The van der Waals surface area contributed by atoms with Crippen molar-refractivity contribution in [2.24, 2.45) is 5.73 Å². The molecule has 7 saturated heterocycles. The number of Topliss-reactive ketones (excluding diaryl/α,β-unsaturated/α-hetero) is 1. The van der Waals surface area contributed by atoms with Gasteiger partial charge in [-0.3, -0.25) is 47.9 Å². The number of thioether (sulfide) groups is 3. The number of carbonyl (C=O) groups excluding carboxylic acids is 9. The maximum Gasteiger partial charge on any atom is 2.00 e. The Morgan fingerprint density at radius 2 is 0.905 bits per heavy atom. The number of pyridine rings is 4. The Kier molecular flexibility index (Phi) is 36.1. The van der Waals surface area contributed by atoms with Gasteiger partial charge in [0.05, 0.1) is 85.6 Å². The standard InChI is InChI=1S/C22H20ClF2N3O5S.C21H18ClF2N3O5S.C17H21NO8.C16H18N2O6S.C2H7NS.2BrH.ClH.Mg/c1-32-19-17-21(31)28-5-7-34-22(28)10-33-6-4-14(22)27(17)9-12(18(19)29)20(30)26-8-11-2-3-13(24)15(23)16(11)25;22-14-12(23)2-1-10(15(14)24)7-25-19(30)11-8-26-13-3-5-32-9-21(13)27(4-6-33-21)20(31)16(26)18(29)17(11)28;1-9(2)26-17(22)13-15(23-3)14(20)10(16(21)24-4)7-18(13)11-5-6-25-8-12(11)19;1-22-13-11-14(20)18-4-6-25-16(18)8-24-5-3-10(16)17(11)7-9(12(13)19)15(21)23-2;3-1-2-4;;;;/h2-3,9,14H,4-8,10H2,1H3,(H,26,30);1-2,8,13,29H,3-7,9H2,(H,25,30);7,9,11H,5-6,8H2,1-4H3;7,10H,3-6,8H2,1-2H3;4H,1-3H2;3*1H;/q;;;;;;;;+2/p-2/t14-,22-;13-,21-;11-;10-,16-;;;;;/m0000...../s1. The topological polar surface area (TPSA) is 414 Å². The fourth-order valence-electron chi connectivity index (χ4n) is 16.2. The first-order valence-electron chi connectivity index (χ1n) is 38.0. The second-order valence-corrected chi connectivity index (χ2v) is 34.2. The van der Waals surface area contributed by atoms with Crippen molar-refractivity contribution in [3.8, 4) is 23.0 Å². The Balaban J connectivity index is 0.000000204. The molecule has 14 heterocycles. The summed E-state index contributed by atoms with van der Waals surface area (Å²) in [5, 5.41) is 14.1. The van der Waals surface area contributed by atoms with Crippen LogP contribution in [0.4, 0.5) is 17.6 Å². The molecule has 680 valence electrons. The minimum atomic E-state index is -1.02. The summed E-state index contributed by atoms with van der Waals surface area (Å²) in [6, 6.07) is 2.82. The quantitative estimate of drug-likeness (QED) is 0.0226. The van der Waals surface area contributed by atoms with Crippen LogP contribution in [0.25, 0.3) is 0 Å². The average Bonchev–Trinajstić information content (AvgIpc) is 1.55. The number of nitrogens with one attached hydrogen (secondary N) is 2. The van der Waals surface area contributed by atoms with Crippen LogP contribution in [0.1, 0.15) is 158 Å². The van der Waals surface area contributed by atoms with Crippen LogP contribution >= 0.6 is 83.5 Å². The number of methoxy groups -OCH3 is 5. The smallest absolute Gasteiger partial charge is 1.00 e. The molecule has 2 aromatic carbocycles. The molecule has 0 aliphatic carbocycles. The zero-order valence-electron chi connectivity index (χ0n) is 68.4. The van der Waals surface area contributed by atoms with Crippen LogP contribution in [0, 0.1) is 23.3 Å². The second kappa shape index (κ2) is 43.9. The molecule has 0 radical (unpaired) electrons. The van der Waals surface area contributed by atoms with Crippen molar-refractivity contribution in [1.82, 2.24) is 43.6 Å². The molecule has 10 aliphatic heterocycles. The molecule has 3 spiro atoms. The SMILES string of the molecule is COC(=O)c1cn([C@H]2CCOCC2=O)c(C(=O)OC(C)C)c(OC)c1=O.COC(=O)c1cn2c(c(OC)c1=O)C(=O)N1CCS[C@]13COCC[C@H]23.COc1c2n(cc(C(=O)NCc3ccc(F)c(Cl)c3F)c1=O)[C@H]1CCOC[C@]13SCCN3C2=O.Cl.NCCS.O=C(NCc1ccc(F)c(Cl)c1F)c1cn2c(c(O)c1=O)C(=O)N1CCS[C@]13COCC[C@H]23.[Br-].[Br-].[Mg+2]. The molecule has 7 fully saturated rings. The molecule has 5 N–H and O–H groups in total. The van der Waals surface area contributed by atoms with E-state index in [1.54, 1.807) is 73.0 Å². The van der Waals surface area contributed by atoms with Gasteiger partial charge in [-0.05, 0) is 51.7 Å². The van der Waals surface area contributed by atoms with Gasteiger partial charge >= 0.3 is 41.0 Å². The molecule has 16 rings (SSSR count). The van der Waals surface area contributed by atoms with Gasteiger partial charge in [-0.1, -0.05) is 35.3 Å². The minimum absolute atomic E-state index is 0. The Hall–Kier alpha value is -7.61. The maximum absolute atomic E-state index is 14.2. The molecule has 0 unspecified atom stereocenters. The van der Waals surface area contributed by atoms with E-state index in [0.717, 1.165) is 54.8 Å². The summed E-state index contributed by atoms with van der Waals surface area (Å²) in [4.78, 5) is 169. The monoisotopic (exact) mass is 2040 g/mol. The van der Waals surface area contributed by atoms with Crippen LogP contribution in [-0.4, -0.2) is 273 Å². The van der Waals surface area contributed by atoms with Crippen LogP contribution in [0.15, 0.2) is 68.2 Å². The van der Waals surface area contributed by atoms with Gasteiger partial charge in [0.15, 0.2) is 51.6 Å². The van der Waals surface area contributed by atoms with E-state index in [0.29, 0.717) is 90.8 Å². The fourth-order valence-corrected chi connectivity index (χ4v) is 21.2. The number of halogens is 9. The minimum Gasteiger partial charge on any atom is -1.00 e. The van der Waals surface area contributed by atoms with Crippen molar-refractivity contribution in [3.63, 3.8) is 0 Å². The number of ether oxygens (including phenoxy) is 10. The first-order valence-corrected chi connectivity index (χ1v) is 42.4. The van der Waals surface area contributed by atoms with Crippen molar-refractivity contribution in [2.45, 2.75) is 97.5 Å². The molecule has 4 aromatic heterocycles. The number of thiol groups is 1. The number of aromatic hydroxyl groups is 1. The number of nitrogens with two attached hydrogens (primary N) is 1. The van der Waals surface area contributed by atoms with Crippen molar-refractivity contribution < 1.29 is 147 Å². The van der Waals surface area contributed by atoms with E-state index in [4.69, 9.17) is 71.6 Å². The zero-order chi connectivity index (χ0) is 88.3. The molecule has 10 aliphatic rings. The Morgan fingerprint density at radius 1 is 0.548 bits per heavy atom. The zero-order valence-corrected chi connectivity index (χ0v) is 78.7. The maximum atomic E-state index is 14.2. The third-order valence-corrected chi connectivity index (χ3v) is 27.2. The molecule has 34 nitrogen and oxygen atoms in total. The third kappa shape index (κ3) is 19.3. The van der Waals surface area contributed by atoms with Crippen molar-refractivity contribution in [3.05, 3.63) is 179 Å². The number of nitrogens with zero attached hydrogens (tertiary/aromatic N) is 7. The number of hydrogen-bond acceptors (Lipinski definition) is 29. The van der Waals surface area contributed by atoms with E-state index in [9.17, 15) is 85.0 Å². The van der Waals surface area contributed by atoms with Gasteiger partial charge in [0.1, 0.15) is 76.8 Å². The van der Waals surface area contributed by atoms with Crippen LogP contribution in [-0.2, 0) is 51.0 Å². The average molecular weight is 2040 g/mol. The second-order valence-electron chi connectivity index (χ2n) is 28.8. The number of esters is 3. The van der Waals surface area contributed by atoms with E-state index in [2.05, 4.69) is 28.0 Å². The molecular formula is C78H85Br2Cl3F4MgN10O24S4. The number of amides is 5. The van der Waals surface area contributed by atoms with E-state index in [1.165, 1.54) is 56.2 Å². The number of benzene rings is 2. The van der Waals surface area contributed by atoms with E-state index in [-0.39, 0.29) is 206 Å². The van der Waals surface area contributed by atoms with Gasteiger partial charge in [0.2, 0.25) is 21.7 Å². The predicted octanol–water partition coefficient (Wildman–Crippen LogP) is 0.0215. The van der Waals surface area contributed by atoms with Crippen molar-refractivity contribution in [1.29, 1.82) is 0 Å². The number of fused-ring (bicyclic) bond motifs is 6. The molecule has 7 atom stereocenters. The number of aromatic nitrogens is 4. The summed E-state index contributed by atoms with van der Waals surface area (Å²) in [6.45, 7) is 7.54. The van der Waals surface area contributed by atoms with E-state index < -0.39 is 129 Å². The molecule has 0 bridgehead atoms. The van der Waals surface area contributed by atoms with Gasteiger partial charge in [-0.25, -0.2) is 31.9 Å². The summed E-state index contributed by atoms with van der Waals surface area (Å²) in [7, 11) is 6.14. The van der Waals surface area contributed by atoms with Gasteiger partial charge < -0.3 is 136 Å². The number of rotatable bonds is 15. The Labute approximate surface area is 787 Å². The predicted molar refractivity (Wildman–Crippen MR) is 450 cm³/mol. The summed E-state index contributed by atoms with van der Waals surface area (Å²) in [6.07, 6.45) is 6.81. The van der Waals surface area contributed by atoms with E-state index >= 15 is 0 Å². The summed E-state index contributed by atoms with van der Waals surface area (Å²) < 4.78 is 114. The molecular weight excluding hydrogens is 1960 g/mol. The summed E-state index contributed by atoms with van der Waals surface area (Å²) in [5.41, 5.74) is 0.454. The van der Waals surface area contributed by atoms with Crippen LogP contribution < -0.4 is 86.3 Å². The van der Waals surface area contributed by atoms with Crippen LogP contribution in [0.2, 0.25) is 10.0 Å². The first-order chi connectivity index (χ1) is 58.3. The van der Waals surface area contributed by atoms with E-state index in [1.807, 2.05) is 0 Å². The van der Waals surface area contributed by atoms with Gasteiger partial charge in [-0.15, -0.1) is 47.7 Å². The fraction of sp³-hybridized carbons (Fsp3) is 0.474. The van der Waals surface area contributed by atoms with Crippen LogP contribution in [0.5, 0.6) is 23.0 Å². The first kappa shape index (κ1) is 104. The Bertz CT molecular complexity index is 5500. The largest absolute Gasteiger partial charge is 2.00 e. The summed E-state index contributed by atoms with van der Waals surface area (Å²) >= 11 is 19.8. The van der Waals surface area contributed by atoms with Crippen molar-refractivity contribution in [2.75, 3.05) is 138 Å². The number of hydrogen-bond donors (Lipinski definition) is 5. The molecule has 6 aromatic rings. The Morgan fingerprint density at radius 3 is 1.29 bits per heavy atom. The normalized spacial score (nSPS) is 21.7. The van der Waals surface area contributed by atoms with Crippen LogP contribution in [0.3, 0.4) is 0 Å². The number of ketones is 1. The van der Waals surface area contributed by atoms with Gasteiger partial charge in [-0.2, -0.15) is 12.6 Å². The molecule has 48 heteroatoms.